The van der Waals surface area contributed by atoms with Crippen molar-refractivity contribution in [2.75, 3.05) is 45.7 Å². The van der Waals surface area contributed by atoms with Gasteiger partial charge in [-0.1, -0.05) is 12.1 Å². The van der Waals surface area contributed by atoms with Crippen molar-refractivity contribution in [2.24, 2.45) is 0 Å². The van der Waals surface area contributed by atoms with Crippen molar-refractivity contribution in [1.82, 2.24) is 20.2 Å². The van der Waals surface area contributed by atoms with Gasteiger partial charge in [0.1, 0.15) is 11.6 Å². The molecule has 0 radical (unpaired) electrons. The van der Waals surface area contributed by atoms with Crippen molar-refractivity contribution in [2.45, 2.75) is 31.7 Å². The van der Waals surface area contributed by atoms with Crippen LogP contribution in [0.4, 0.5) is 10.2 Å². The number of halogens is 1. The van der Waals surface area contributed by atoms with Crippen LogP contribution in [0.25, 0.3) is 0 Å². The first kappa shape index (κ1) is 20.5. The standard InChI is InChI=1S/C21H30FN5O/c1-23-20-13-18(16-7-5-10-24-14-16)25-21(26-20)15-27(2)11-6-12-28-19-9-4-3-8-17(19)22/h3-4,8-9,13,16,24H,5-7,10-12,14-15H2,1-2H3,(H,23,25,26). The monoisotopic (exact) mass is 387 g/mol. The van der Waals surface area contributed by atoms with Gasteiger partial charge < -0.3 is 15.4 Å². The SMILES string of the molecule is CNc1cc(C2CCCNC2)nc(CN(C)CCCOc2ccccc2F)n1. The van der Waals surface area contributed by atoms with Crippen LogP contribution in [0.5, 0.6) is 5.75 Å². The molecule has 7 heteroatoms. The lowest BCUT2D eigenvalue weighted by Gasteiger charge is -2.23. The van der Waals surface area contributed by atoms with Crippen molar-refractivity contribution < 1.29 is 9.13 Å². The third-order valence-electron chi connectivity index (χ3n) is 4.95. The first-order chi connectivity index (χ1) is 13.7. The lowest BCUT2D eigenvalue weighted by Crippen LogP contribution is -2.29. The molecule has 1 saturated heterocycles. The van der Waals surface area contributed by atoms with Crippen LogP contribution in [0.2, 0.25) is 0 Å². The highest BCUT2D eigenvalue weighted by molar-refractivity contribution is 5.36. The van der Waals surface area contributed by atoms with Crippen LogP contribution in [0.3, 0.4) is 0 Å². The van der Waals surface area contributed by atoms with Crippen molar-refractivity contribution in [3.8, 4) is 5.75 Å². The summed E-state index contributed by atoms with van der Waals surface area (Å²) in [6, 6.07) is 8.55. The topological polar surface area (TPSA) is 62.3 Å². The van der Waals surface area contributed by atoms with E-state index in [0.717, 1.165) is 49.8 Å². The normalized spacial score (nSPS) is 16.9. The molecule has 1 atom stereocenters. The van der Waals surface area contributed by atoms with Gasteiger partial charge in [0.2, 0.25) is 0 Å². The van der Waals surface area contributed by atoms with Crippen LogP contribution < -0.4 is 15.4 Å². The van der Waals surface area contributed by atoms with Crippen LogP contribution >= 0.6 is 0 Å². The minimum atomic E-state index is -0.321. The third kappa shape index (κ3) is 5.87. The molecule has 6 nitrogen and oxygen atoms in total. The number of piperidine rings is 1. The summed E-state index contributed by atoms with van der Waals surface area (Å²) in [4.78, 5) is 11.6. The molecule has 1 unspecified atom stereocenters. The van der Waals surface area contributed by atoms with Gasteiger partial charge in [0, 0.05) is 32.1 Å². The summed E-state index contributed by atoms with van der Waals surface area (Å²) >= 11 is 0. The van der Waals surface area contributed by atoms with Gasteiger partial charge in [0.25, 0.3) is 0 Å². The van der Waals surface area contributed by atoms with Crippen molar-refractivity contribution >= 4 is 5.82 Å². The number of aromatic nitrogens is 2. The molecule has 2 N–H and O–H groups in total. The Balaban J connectivity index is 1.51. The minimum absolute atomic E-state index is 0.306. The lowest BCUT2D eigenvalue weighted by atomic mass is 9.96. The van der Waals surface area contributed by atoms with E-state index in [0.29, 0.717) is 24.8 Å². The Labute approximate surface area is 166 Å². The molecule has 28 heavy (non-hydrogen) atoms. The highest BCUT2D eigenvalue weighted by atomic mass is 19.1. The van der Waals surface area contributed by atoms with E-state index >= 15 is 0 Å². The molecule has 152 valence electrons. The number of anilines is 1. The molecule has 0 aliphatic carbocycles. The molecule has 2 heterocycles. The summed E-state index contributed by atoms with van der Waals surface area (Å²) < 4.78 is 19.1. The van der Waals surface area contributed by atoms with Gasteiger partial charge in [0.05, 0.1) is 18.8 Å². The molecule has 1 fully saturated rings. The fraction of sp³-hybridized carbons (Fsp3) is 0.524. The molecule has 3 rings (SSSR count). The molecule has 1 aromatic heterocycles. The van der Waals surface area contributed by atoms with E-state index in [4.69, 9.17) is 9.72 Å². The fourth-order valence-electron chi connectivity index (χ4n) is 3.43. The van der Waals surface area contributed by atoms with Gasteiger partial charge in [-0.05, 0) is 45.0 Å². The minimum Gasteiger partial charge on any atom is -0.490 e. The van der Waals surface area contributed by atoms with Crippen LogP contribution in [-0.2, 0) is 6.54 Å². The average Bonchev–Trinajstić information content (AvgIpc) is 2.72. The lowest BCUT2D eigenvalue weighted by molar-refractivity contribution is 0.249. The fourth-order valence-corrected chi connectivity index (χ4v) is 3.43. The highest BCUT2D eigenvalue weighted by Crippen LogP contribution is 2.23. The highest BCUT2D eigenvalue weighted by Gasteiger charge is 2.18. The Hall–Kier alpha value is -2.25. The first-order valence-electron chi connectivity index (χ1n) is 9.98. The van der Waals surface area contributed by atoms with Gasteiger partial charge in [-0.15, -0.1) is 0 Å². The largest absolute Gasteiger partial charge is 0.490 e. The number of nitrogens with one attached hydrogen (secondary N) is 2. The Morgan fingerprint density at radius 1 is 1.32 bits per heavy atom. The van der Waals surface area contributed by atoms with Gasteiger partial charge in [-0.3, -0.25) is 4.90 Å². The summed E-state index contributed by atoms with van der Waals surface area (Å²) in [5.74, 6) is 2.12. The molecule has 0 saturated carbocycles. The maximum atomic E-state index is 13.6. The zero-order valence-electron chi connectivity index (χ0n) is 16.7. The van der Waals surface area contributed by atoms with Crippen LogP contribution in [0.1, 0.15) is 36.7 Å². The second-order valence-corrected chi connectivity index (χ2v) is 7.26. The van der Waals surface area contributed by atoms with E-state index in [9.17, 15) is 4.39 Å². The summed E-state index contributed by atoms with van der Waals surface area (Å²) in [5, 5.41) is 6.60. The molecule has 0 spiro atoms. The van der Waals surface area contributed by atoms with Crippen LogP contribution in [0, 0.1) is 5.82 Å². The number of hydrogen-bond acceptors (Lipinski definition) is 6. The Bertz CT molecular complexity index is 751. The van der Waals surface area contributed by atoms with E-state index in [2.05, 4.69) is 26.6 Å². The van der Waals surface area contributed by atoms with Gasteiger partial charge >= 0.3 is 0 Å². The number of ether oxygens (including phenoxy) is 1. The van der Waals surface area contributed by atoms with Crippen molar-refractivity contribution in [3.05, 3.63) is 47.7 Å². The van der Waals surface area contributed by atoms with Crippen LogP contribution in [0.15, 0.2) is 30.3 Å². The van der Waals surface area contributed by atoms with E-state index < -0.39 is 0 Å². The summed E-state index contributed by atoms with van der Waals surface area (Å²) in [7, 11) is 3.93. The van der Waals surface area contributed by atoms with Crippen molar-refractivity contribution in [3.63, 3.8) is 0 Å². The molecule has 1 aliphatic heterocycles. The Morgan fingerprint density at radius 3 is 2.93 bits per heavy atom. The second kappa shape index (κ2) is 10.3. The number of hydrogen-bond donors (Lipinski definition) is 2. The molecular weight excluding hydrogens is 357 g/mol. The van der Waals surface area contributed by atoms with E-state index in [1.165, 1.54) is 12.5 Å². The summed E-state index contributed by atoms with van der Waals surface area (Å²) in [6.45, 7) is 4.03. The summed E-state index contributed by atoms with van der Waals surface area (Å²) in [5.41, 5.74) is 1.11. The van der Waals surface area contributed by atoms with Crippen molar-refractivity contribution in [1.29, 1.82) is 0 Å². The Morgan fingerprint density at radius 2 is 2.18 bits per heavy atom. The number of para-hydroxylation sites is 1. The van der Waals surface area contributed by atoms with E-state index in [1.54, 1.807) is 18.2 Å². The number of rotatable bonds is 9. The Kier molecular flexibility index (Phi) is 7.56. The molecule has 2 aromatic rings. The maximum Gasteiger partial charge on any atom is 0.165 e. The van der Waals surface area contributed by atoms with Crippen LogP contribution in [-0.4, -0.2) is 55.2 Å². The molecule has 1 aromatic carbocycles. The second-order valence-electron chi connectivity index (χ2n) is 7.26. The zero-order chi connectivity index (χ0) is 19.8. The third-order valence-corrected chi connectivity index (χ3v) is 4.95. The average molecular weight is 388 g/mol. The molecular formula is C21H30FN5O. The first-order valence-corrected chi connectivity index (χ1v) is 9.98. The number of benzene rings is 1. The van der Waals surface area contributed by atoms with Gasteiger partial charge in [-0.25, -0.2) is 14.4 Å². The molecule has 1 aliphatic rings. The summed E-state index contributed by atoms with van der Waals surface area (Å²) in [6.07, 6.45) is 3.15. The number of nitrogens with zero attached hydrogens (tertiary/aromatic N) is 3. The smallest absolute Gasteiger partial charge is 0.165 e. The predicted octanol–water partition coefficient (Wildman–Crippen LogP) is 3.03. The predicted molar refractivity (Wildman–Crippen MR) is 109 cm³/mol. The van der Waals surface area contributed by atoms with E-state index in [1.807, 2.05) is 14.1 Å². The van der Waals surface area contributed by atoms with Gasteiger partial charge in [0.15, 0.2) is 11.6 Å². The van der Waals surface area contributed by atoms with Gasteiger partial charge in [-0.2, -0.15) is 0 Å². The maximum absolute atomic E-state index is 13.6. The quantitative estimate of drug-likeness (QED) is 0.645. The molecule has 0 bridgehead atoms. The molecule has 0 amide bonds. The van der Waals surface area contributed by atoms with E-state index in [-0.39, 0.29) is 5.82 Å². The zero-order valence-corrected chi connectivity index (χ0v) is 16.7.